The number of hydrogen-bond acceptors (Lipinski definition) is 4. The highest BCUT2D eigenvalue weighted by molar-refractivity contribution is 9.10. The first-order valence-electron chi connectivity index (χ1n) is 4.28. The van der Waals surface area contributed by atoms with Gasteiger partial charge < -0.3 is 4.98 Å². The molecule has 0 aliphatic heterocycles. The Morgan fingerprint density at radius 2 is 2.07 bits per heavy atom. The molecular weight excluding hydrogens is 260 g/mol. The average Bonchev–Trinajstić information content (AvgIpc) is 2.77. The Hall–Kier alpha value is -1.69. The summed E-state index contributed by atoms with van der Waals surface area (Å²) >= 11 is 3.45. The Morgan fingerprint density at radius 1 is 1.20 bits per heavy atom. The van der Waals surface area contributed by atoms with Crippen LogP contribution in [0, 0.1) is 0 Å². The Bertz CT molecular complexity index is 587. The van der Waals surface area contributed by atoms with Gasteiger partial charge in [-0.1, -0.05) is 34.1 Å². The van der Waals surface area contributed by atoms with Crippen molar-refractivity contribution in [2.45, 2.75) is 0 Å². The second-order valence-electron chi connectivity index (χ2n) is 3.00. The van der Waals surface area contributed by atoms with E-state index in [4.69, 9.17) is 0 Å². The van der Waals surface area contributed by atoms with Gasteiger partial charge in [0.05, 0.1) is 0 Å². The first-order chi connectivity index (χ1) is 7.34. The first kappa shape index (κ1) is 8.60. The molecule has 0 saturated carbocycles. The van der Waals surface area contributed by atoms with E-state index in [0.717, 1.165) is 15.9 Å². The van der Waals surface area contributed by atoms with Gasteiger partial charge in [0.1, 0.15) is 5.82 Å². The average molecular weight is 265 g/mol. The minimum Gasteiger partial charge on any atom is -0.318 e. The van der Waals surface area contributed by atoms with Crippen LogP contribution >= 0.6 is 15.9 Å². The molecule has 74 valence electrons. The van der Waals surface area contributed by atoms with E-state index >= 15 is 0 Å². The van der Waals surface area contributed by atoms with Crippen LogP contribution in [0.25, 0.3) is 22.7 Å². The molecule has 0 amide bonds. The minimum absolute atomic E-state index is 0.487. The fourth-order valence-corrected chi connectivity index (χ4v) is 1.84. The zero-order valence-electron chi connectivity index (χ0n) is 7.44. The maximum atomic E-state index is 4.52. The lowest BCUT2D eigenvalue weighted by Gasteiger charge is -1.98. The van der Waals surface area contributed by atoms with Gasteiger partial charge in [-0.25, -0.2) is 9.61 Å². The van der Waals surface area contributed by atoms with Crippen LogP contribution in [0.15, 0.2) is 33.4 Å². The molecule has 0 fully saturated rings. The summed E-state index contributed by atoms with van der Waals surface area (Å²) in [5.74, 6) is 0.725. The summed E-state index contributed by atoms with van der Waals surface area (Å²) in [7, 11) is 0. The van der Waals surface area contributed by atoms with Crippen molar-refractivity contribution in [2.24, 2.45) is 0 Å². The monoisotopic (exact) mass is 264 g/mol. The molecule has 0 atom stereocenters. The number of aromatic amines is 1. The first-order valence-corrected chi connectivity index (χ1v) is 5.07. The third-order valence-corrected chi connectivity index (χ3v) is 2.75. The highest BCUT2D eigenvalue weighted by Crippen LogP contribution is 2.26. The number of halogens is 1. The van der Waals surface area contributed by atoms with Crippen LogP contribution in [0.1, 0.15) is 0 Å². The lowest BCUT2D eigenvalue weighted by molar-refractivity contribution is 0.313. The van der Waals surface area contributed by atoms with Crippen molar-refractivity contribution >= 4 is 27.2 Å². The molecule has 15 heavy (non-hydrogen) atoms. The van der Waals surface area contributed by atoms with E-state index in [-0.39, 0.29) is 0 Å². The predicted octanol–water partition coefficient (Wildman–Crippen LogP) is 2.38. The van der Waals surface area contributed by atoms with Crippen LogP contribution < -0.4 is 0 Å². The third-order valence-electron chi connectivity index (χ3n) is 2.05. The number of rotatable bonds is 1. The highest BCUT2D eigenvalue weighted by Gasteiger charge is 2.10. The molecular formula is C9H5BrN4O. The fraction of sp³-hybridized carbons (Fsp3) is 0. The van der Waals surface area contributed by atoms with Crippen molar-refractivity contribution in [3.8, 4) is 11.4 Å². The number of nitrogens with one attached hydrogen (secondary N) is 1. The molecule has 5 nitrogen and oxygen atoms in total. The van der Waals surface area contributed by atoms with Crippen molar-refractivity contribution in [1.29, 1.82) is 0 Å². The standard InChI is InChI=1S/C9H5BrN4O/c10-6-4-2-1-3-5(6)7-11-8-9(12-7)14-15-13-8/h1-4H,(H,11,12,13,14). The second kappa shape index (κ2) is 3.16. The van der Waals surface area contributed by atoms with Crippen LogP contribution in [0.2, 0.25) is 0 Å². The summed E-state index contributed by atoms with van der Waals surface area (Å²) in [5.41, 5.74) is 2.01. The molecule has 0 aliphatic carbocycles. The lowest BCUT2D eigenvalue weighted by atomic mass is 10.2. The van der Waals surface area contributed by atoms with Crippen LogP contribution in [0.4, 0.5) is 0 Å². The summed E-state index contributed by atoms with van der Waals surface area (Å²) in [5, 5.41) is 7.33. The summed E-state index contributed by atoms with van der Waals surface area (Å²) in [6.07, 6.45) is 0. The van der Waals surface area contributed by atoms with Crippen LogP contribution in [-0.4, -0.2) is 20.3 Å². The molecule has 0 bridgehead atoms. The molecule has 2 heterocycles. The van der Waals surface area contributed by atoms with Crippen molar-refractivity contribution in [2.75, 3.05) is 0 Å². The van der Waals surface area contributed by atoms with E-state index in [2.05, 4.69) is 40.8 Å². The molecule has 0 radical (unpaired) electrons. The van der Waals surface area contributed by atoms with E-state index in [1.165, 1.54) is 0 Å². The van der Waals surface area contributed by atoms with Gasteiger partial charge in [0.25, 0.3) is 0 Å². The maximum absolute atomic E-state index is 4.52. The zero-order chi connectivity index (χ0) is 10.3. The van der Waals surface area contributed by atoms with E-state index in [9.17, 15) is 0 Å². The molecule has 0 saturated heterocycles. The minimum atomic E-state index is 0.487. The largest absolute Gasteiger partial charge is 0.318 e. The summed E-state index contributed by atoms with van der Waals surface area (Å²) in [6, 6.07) is 7.80. The quantitative estimate of drug-likeness (QED) is 0.733. The number of nitrogens with zero attached hydrogens (tertiary/aromatic N) is 3. The Morgan fingerprint density at radius 3 is 2.87 bits per heavy atom. The van der Waals surface area contributed by atoms with E-state index in [1.54, 1.807) is 0 Å². The molecule has 6 heteroatoms. The summed E-state index contributed by atoms with van der Waals surface area (Å²) in [4.78, 5) is 7.28. The topological polar surface area (TPSA) is 67.6 Å². The molecule has 0 unspecified atom stereocenters. The number of fused-ring (bicyclic) bond motifs is 1. The summed E-state index contributed by atoms with van der Waals surface area (Å²) < 4.78 is 5.49. The number of aromatic nitrogens is 4. The highest BCUT2D eigenvalue weighted by atomic mass is 79.9. The van der Waals surface area contributed by atoms with Gasteiger partial charge in [0.2, 0.25) is 11.3 Å². The van der Waals surface area contributed by atoms with Crippen LogP contribution in [0.5, 0.6) is 0 Å². The van der Waals surface area contributed by atoms with Crippen molar-refractivity contribution in [3.63, 3.8) is 0 Å². The number of hydrogen-bond donors (Lipinski definition) is 1. The van der Waals surface area contributed by atoms with Gasteiger partial charge >= 0.3 is 0 Å². The summed E-state index contributed by atoms with van der Waals surface area (Å²) in [6.45, 7) is 0. The zero-order valence-corrected chi connectivity index (χ0v) is 9.02. The number of benzene rings is 1. The van der Waals surface area contributed by atoms with E-state index in [0.29, 0.717) is 11.3 Å². The Labute approximate surface area is 92.6 Å². The van der Waals surface area contributed by atoms with Crippen molar-refractivity contribution in [3.05, 3.63) is 28.7 Å². The molecule has 3 aromatic rings. The van der Waals surface area contributed by atoms with Gasteiger partial charge in [-0.15, -0.1) is 0 Å². The normalized spacial score (nSPS) is 11.0. The molecule has 0 aliphatic rings. The van der Waals surface area contributed by atoms with Crippen molar-refractivity contribution in [1.82, 2.24) is 20.3 Å². The predicted molar refractivity (Wildman–Crippen MR) is 57.1 cm³/mol. The van der Waals surface area contributed by atoms with Crippen molar-refractivity contribution < 1.29 is 4.63 Å². The Balaban J connectivity index is 2.22. The molecule has 1 N–H and O–H groups in total. The van der Waals surface area contributed by atoms with E-state index in [1.807, 2.05) is 24.3 Å². The van der Waals surface area contributed by atoms with Crippen LogP contribution in [0.3, 0.4) is 0 Å². The number of imidazole rings is 1. The molecule has 1 aromatic carbocycles. The molecule has 2 aromatic heterocycles. The van der Waals surface area contributed by atoms with Gasteiger partial charge in [-0.05, 0) is 16.4 Å². The van der Waals surface area contributed by atoms with E-state index < -0.39 is 0 Å². The number of H-pyrrole nitrogens is 1. The second-order valence-corrected chi connectivity index (χ2v) is 3.86. The maximum Gasteiger partial charge on any atom is 0.243 e. The molecule has 0 spiro atoms. The Kier molecular flexibility index (Phi) is 1.81. The van der Waals surface area contributed by atoms with Gasteiger partial charge in [-0.2, -0.15) is 0 Å². The third kappa shape index (κ3) is 1.33. The smallest absolute Gasteiger partial charge is 0.243 e. The van der Waals surface area contributed by atoms with Gasteiger partial charge in [0.15, 0.2) is 0 Å². The molecule has 3 rings (SSSR count). The van der Waals surface area contributed by atoms with Crippen LogP contribution in [-0.2, 0) is 0 Å². The SMILES string of the molecule is Brc1ccccc1-c1nc2nonc2[nH]1. The van der Waals surface area contributed by atoms with Gasteiger partial charge in [-0.3, -0.25) is 0 Å². The fourth-order valence-electron chi connectivity index (χ4n) is 1.36. The lowest BCUT2D eigenvalue weighted by Crippen LogP contribution is -1.82. The van der Waals surface area contributed by atoms with Gasteiger partial charge in [0, 0.05) is 10.0 Å².